The summed E-state index contributed by atoms with van der Waals surface area (Å²) in [6.45, 7) is 1.34. The van der Waals surface area contributed by atoms with E-state index >= 15 is 0 Å². The van der Waals surface area contributed by atoms with Crippen molar-refractivity contribution in [3.8, 4) is 0 Å². The Bertz CT molecular complexity index is 910. The number of anilines is 2. The summed E-state index contributed by atoms with van der Waals surface area (Å²) in [4.78, 5) is 45.4. The second kappa shape index (κ2) is 7.95. The lowest BCUT2D eigenvalue weighted by atomic mass is 10.1. The normalized spacial score (nSPS) is 11.3. The van der Waals surface area contributed by atoms with Crippen molar-refractivity contribution < 1.29 is 24.0 Å². The maximum Gasteiger partial charge on any atom is 0.339 e. The molecule has 0 aliphatic rings. The number of nitrogen functional groups attached to an aromatic ring is 1. The van der Waals surface area contributed by atoms with Crippen LogP contribution in [0, 0.1) is 10.1 Å². The average Bonchev–Trinajstić information content (AvgIpc) is 2.62. The molecule has 0 saturated carbocycles. The summed E-state index contributed by atoms with van der Waals surface area (Å²) in [5.41, 5.74) is 10.6. The fourth-order valence-corrected chi connectivity index (χ4v) is 2.07. The van der Waals surface area contributed by atoms with Gasteiger partial charge in [0.05, 0.1) is 10.5 Å². The van der Waals surface area contributed by atoms with Crippen molar-refractivity contribution in [3.05, 3.63) is 63.7 Å². The molecule has 0 aliphatic carbocycles. The van der Waals surface area contributed by atoms with Crippen LogP contribution in [0.2, 0.25) is 0 Å². The molecule has 27 heavy (non-hydrogen) atoms. The van der Waals surface area contributed by atoms with Crippen LogP contribution < -0.4 is 16.8 Å². The number of nitrogens with two attached hydrogens (primary N) is 2. The Morgan fingerprint density at radius 3 is 2.26 bits per heavy atom. The highest BCUT2D eigenvalue weighted by Gasteiger charge is 2.21. The van der Waals surface area contributed by atoms with Crippen LogP contribution in [0.3, 0.4) is 0 Å². The zero-order chi connectivity index (χ0) is 20.1. The first kappa shape index (κ1) is 19.4. The highest BCUT2D eigenvalue weighted by molar-refractivity contribution is 5.98. The summed E-state index contributed by atoms with van der Waals surface area (Å²) in [5, 5.41) is 13.4. The van der Waals surface area contributed by atoms with Crippen LogP contribution in [0.15, 0.2) is 42.5 Å². The van der Waals surface area contributed by atoms with Gasteiger partial charge in [0.25, 0.3) is 11.6 Å². The number of nitro groups is 1. The van der Waals surface area contributed by atoms with E-state index in [1.165, 1.54) is 43.3 Å². The predicted octanol–water partition coefficient (Wildman–Crippen LogP) is 1.46. The van der Waals surface area contributed by atoms with E-state index in [1.807, 2.05) is 0 Å². The van der Waals surface area contributed by atoms with E-state index in [9.17, 15) is 24.5 Å². The molecule has 0 heterocycles. The van der Waals surface area contributed by atoms with E-state index in [0.29, 0.717) is 5.69 Å². The summed E-state index contributed by atoms with van der Waals surface area (Å²) in [6, 6.07) is 9.25. The van der Waals surface area contributed by atoms with E-state index in [0.717, 1.165) is 6.07 Å². The van der Waals surface area contributed by atoms with Gasteiger partial charge in [-0.1, -0.05) is 0 Å². The minimum atomic E-state index is -1.18. The number of hydrogen-bond donors (Lipinski definition) is 3. The number of carbonyl (C=O) groups excluding carboxylic acids is 3. The van der Waals surface area contributed by atoms with Crippen LogP contribution in [0.25, 0.3) is 0 Å². The van der Waals surface area contributed by atoms with E-state index in [1.54, 1.807) is 0 Å². The van der Waals surface area contributed by atoms with Gasteiger partial charge in [-0.3, -0.25) is 19.7 Å². The Morgan fingerprint density at radius 2 is 1.70 bits per heavy atom. The van der Waals surface area contributed by atoms with Crippen LogP contribution in [-0.4, -0.2) is 28.8 Å². The predicted molar refractivity (Wildman–Crippen MR) is 96.0 cm³/mol. The van der Waals surface area contributed by atoms with Crippen LogP contribution in [0.5, 0.6) is 0 Å². The Labute approximate surface area is 153 Å². The van der Waals surface area contributed by atoms with E-state index in [4.69, 9.17) is 16.2 Å². The fourth-order valence-electron chi connectivity index (χ4n) is 2.07. The smallest absolute Gasteiger partial charge is 0.339 e. The first-order valence-electron chi connectivity index (χ1n) is 7.64. The van der Waals surface area contributed by atoms with Gasteiger partial charge < -0.3 is 21.5 Å². The molecule has 2 aromatic carbocycles. The third-order valence-corrected chi connectivity index (χ3v) is 3.55. The van der Waals surface area contributed by atoms with Crippen molar-refractivity contribution in [1.82, 2.24) is 0 Å². The van der Waals surface area contributed by atoms with Crippen molar-refractivity contribution in [2.45, 2.75) is 13.0 Å². The Balaban J connectivity index is 2.03. The molecule has 0 fully saturated rings. The molecule has 0 radical (unpaired) electrons. The largest absolute Gasteiger partial charge is 0.449 e. The lowest BCUT2D eigenvalue weighted by molar-refractivity contribution is -0.383. The highest BCUT2D eigenvalue weighted by Crippen LogP contribution is 2.23. The number of esters is 1. The highest BCUT2D eigenvalue weighted by atomic mass is 16.6. The number of nitrogens with one attached hydrogen (secondary N) is 1. The topological polar surface area (TPSA) is 168 Å². The van der Waals surface area contributed by atoms with Gasteiger partial charge in [0, 0.05) is 17.3 Å². The second-order valence-electron chi connectivity index (χ2n) is 5.51. The van der Waals surface area contributed by atoms with Crippen LogP contribution in [0.4, 0.5) is 17.1 Å². The van der Waals surface area contributed by atoms with E-state index in [-0.39, 0.29) is 16.8 Å². The molecular formula is C17H16N4O6. The van der Waals surface area contributed by atoms with Gasteiger partial charge in [-0.25, -0.2) is 4.79 Å². The SMILES string of the molecule is C[C@@H](OC(=O)c1ccc(N)c([N+](=O)[O-])c1)C(=O)Nc1ccc(C(N)=O)cc1. The third kappa shape index (κ3) is 4.78. The van der Waals surface area contributed by atoms with Gasteiger partial charge in [0.2, 0.25) is 5.91 Å². The summed E-state index contributed by atoms with van der Waals surface area (Å²) in [5.74, 6) is -2.14. The van der Waals surface area contributed by atoms with Crippen molar-refractivity contribution in [2.75, 3.05) is 11.1 Å². The number of nitro benzene ring substituents is 1. The van der Waals surface area contributed by atoms with Crippen LogP contribution >= 0.6 is 0 Å². The van der Waals surface area contributed by atoms with E-state index < -0.39 is 34.5 Å². The van der Waals surface area contributed by atoms with Gasteiger partial charge >= 0.3 is 5.97 Å². The second-order valence-corrected chi connectivity index (χ2v) is 5.51. The fraction of sp³-hybridized carbons (Fsp3) is 0.118. The van der Waals surface area contributed by atoms with Gasteiger partial charge in [-0.2, -0.15) is 0 Å². The number of primary amides is 1. The maximum absolute atomic E-state index is 12.1. The summed E-state index contributed by atoms with van der Waals surface area (Å²) < 4.78 is 5.02. The molecule has 10 heteroatoms. The van der Waals surface area contributed by atoms with Crippen molar-refractivity contribution in [1.29, 1.82) is 0 Å². The van der Waals surface area contributed by atoms with Gasteiger partial charge in [-0.15, -0.1) is 0 Å². The molecule has 2 amide bonds. The summed E-state index contributed by atoms with van der Waals surface area (Å²) in [6.07, 6.45) is -1.18. The number of nitrogens with zero attached hydrogens (tertiary/aromatic N) is 1. The molecule has 1 atom stereocenters. The Morgan fingerprint density at radius 1 is 1.11 bits per heavy atom. The van der Waals surface area contributed by atoms with E-state index in [2.05, 4.69) is 5.32 Å². The molecule has 10 nitrogen and oxygen atoms in total. The molecular weight excluding hydrogens is 356 g/mol. The molecule has 0 saturated heterocycles. The summed E-state index contributed by atoms with van der Waals surface area (Å²) >= 11 is 0. The minimum absolute atomic E-state index is 0.0956. The number of rotatable bonds is 6. The van der Waals surface area contributed by atoms with Crippen molar-refractivity contribution >= 4 is 34.8 Å². The zero-order valence-electron chi connectivity index (χ0n) is 14.2. The molecule has 140 valence electrons. The standard InChI is InChI=1S/C17H16N4O6/c1-9(16(23)20-12-5-2-10(3-6-12)15(19)22)27-17(24)11-4-7-13(18)14(8-11)21(25)26/h2-9H,18H2,1H3,(H2,19,22)(H,20,23)/t9-/m1/s1. The number of benzene rings is 2. The third-order valence-electron chi connectivity index (χ3n) is 3.55. The molecule has 2 aromatic rings. The minimum Gasteiger partial charge on any atom is -0.449 e. The molecule has 0 bridgehead atoms. The maximum atomic E-state index is 12.1. The average molecular weight is 372 g/mol. The van der Waals surface area contributed by atoms with Gasteiger partial charge in [0.15, 0.2) is 6.10 Å². The van der Waals surface area contributed by atoms with Crippen molar-refractivity contribution in [2.24, 2.45) is 5.73 Å². The quantitative estimate of drug-likeness (QED) is 0.298. The molecule has 0 unspecified atom stereocenters. The lowest BCUT2D eigenvalue weighted by Crippen LogP contribution is -2.30. The van der Waals surface area contributed by atoms with Crippen LogP contribution in [0.1, 0.15) is 27.6 Å². The lowest BCUT2D eigenvalue weighted by Gasteiger charge is -2.14. The monoisotopic (exact) mass is 372 g/mol. The molecule has 5 N–H and O–H groups in total. The van der Waals surface area contributed by atoms with Gasteiger partial charge in [-0.05, 0) is 43.3 Å². The number of ether oxygens (including phenoxy) is 1. The number of amides is 2. The first-order valence-corrected chi connectivity index (χ1v) is 7.64. The number of carbonyl (C=O) groups is 3. The number of hydrogen-bond acceptors (Lipinski definition) is 7. The molecule has 0 aromatic heterocycles. The molecule has 0 aliphatic heterocycles. The van der Waals surface area contributed by atoms with Crippen LogP contribution in [-0.2, 0) is 9.53 Å². The molecule has 2 rings (SSSR count). The van der Waals surface area contributed by atoms with Gasteiger partial charge in [0.1, 0.15) is 5.69 Å². The van der Waals surface area contributed by atoms with Crippen molar-refractivity contribution in [3.63, 3.8) is 0 Å². The molecule has 0 spiro atoms. The Kier molecular flexibility index (Phi) is 5.71. The Hall–Kier alpha value is -3.95. The summed E-state index contributed by atoms with van der Waals surface area (Å²) in [7, 11) is 0. The first-order chi connectivity index (χ1) is 12.7. The zero-order valence-corrected chi connectivity index (χ0v) is 14.2.